The maximum atomic E-state index is 5.71. The molecule has 0 saturated heterocycles. The maximum Gasteiger partial charge on any atom is 0.0496 e. The third kappa shape index (κ3) is 3.23. The van der Waals surface area contributed by atoms with Gasteiger partial charge in [-0.3, -0.25) is 0 Å². The van der Waals surface area contributed by atoms with Crippen LogP contribution < -0.4 is 0 Å². The van der Waals surface area contributed by atoms with Gasteiger partial charge in [0, 0.05) is 14.1 Å². The zero-order chi connectivity index (χ0) is 8.27. The topological polar surface area (TPSA) is 0 Å². The molecule has 0 unspecified atom stereocenters. The number of benzene rings is 1. The fraction of sp³-hybridized carbons (Fsp3) is 0.125. The number of halogens is 1. The zero-order valence-corrected chi connectivity index (χ0v) is 8.39. The van der Waals surface area contributed by atoms with Crippen LogP contribution in [-0.2, 0) is 0 Å². The summed E-state index contributed by atoms with van der Waals surface area (Å²) in [5.74, 6) is 0. The van der Waals surface area contributed by atoms with Gasteiger partial charge in [0.1, 0.15) is 0 Å². The van der Waals surface area contributed by atoms with Gasteiger partial charge in [-0.1, -0.05) is 35.6 Å². The lowest BCUT2D eigenvalue weighted by Gasteiger charge is -1.97. The molecule has 0 saturated carbocycles. The van der Waals surface area contributed by atoms with Crippen molar-refractivity contribution in [1.29, 1.82) is 0 Å². The summed E-state index contributed by atoms with van der Waals surface area (Å²) in [5, 5.41) is 0.761. The quantitative estimate of drug-likeness (QED) is 0.502. The molecule has 0 heterocycles. The molecule has 0 spiro atoms. The molecule has 0 N–H and O–H groups in total. The van der Waals surface area contributed by atoms with E-state index >= 15 is 0 Å². The first kappa shape index (κ1) is 9.04. The van der Waals surface area contributed by atoms with Crippen LogP contribution >= 0.6 is 35.6 Å². The fourth-order valence-electron chi connectivity index (χ4n) is 0.669. The van der Waals surface area contributed by atoms with Crippen molar-refractivity contribution in [2.45, 2.75) is 11.8 Å². The maximum absolute atomic E-state index is 5.71. The van der Waals surface area contributed by atoms with Crippen molar-refractivity contribution in [1.82, 2.24) is 0 Å². The monoisotopic (exact) mass is 202 g/mol. The first-order valence-corrected chi connectivity index (χ1v) is 4.73. The van der Waals surface area contributed by atoms with Crippen molar-refractivity contribution in [3.05, 3.63) is 29.3 Å². The minimum Gasteiger partial charge on any atom is -0.0843 e. The van der Waals surface area contributed by atoms with Crippen LogP contribution in [0.3, 0.4) is 0 Å². The smallest absolute Gasteiger partial charge is 0.0496 e. The van der Waals surface area contributed by atoms with Crippen molar-refractivity contribution in [2.75, 3.05) is 0 Å². The molecule has 1 aromatic rings. The lowest BCUT2D eigenvalue weighted by atomic mass is 10.4. The molecule has 0 nitrogen and oxygen atoms in total. The first-order chi connectivity index (χ1) is 5.18. The molecule has 1 rings (SSSR count). The molecule has 0 aliphatic heterocycles. The van der Waals surface area contributed by atoms with Crippen molar-refractivity contribution < 1.29 is 0 Å². The van der Waals surface area contributed by atoms with E-state index in [0.717, 1.165) is 14.1 Å². The van der Waals surface area contributed by atoms with Gasteiger partial charge in [0.15, 0.2) is 0 Å². The Labute approximate surface area is 80.9 Å². The molecule has 0 atom stereocenters. The van der Waals surface area contributed by atoms with Crippen LogP contribution in [0.4, 0.5) is 0 Å². The van der Waals surface area contributed by atoms with Crippen LogP contribution in [0.2, 0.25) is 5.02 Å². The Bertz CT molecular complexity index is 253. The molecule has 0 bridgehead atoms. The highest BCUT2D eigenvalue weighted by Gasteiger charge is 1.93. The van der Waals surface area contributed by atoms with Crippen molar-refractivity contribution in [2.24, 2.45) is 0 Å². The van der Waals surface area contributed by atoms with E-state index in [0.29, 0.717) is 0 Å². The Morgan fingerprint density at radius 1 is 1.36 bits per heavy atom. The van der Waals surface area contributed by atoms with E-state index in [1.165, 1.54) is 0 Å². The van der Waals surface area contributed by atoms with Gasteiger partial charge in [0.25, 0.3) is 0 Å². The van der Waals surface area contributed by atoms with Gasteiger partial charge in [-0.05, 0) is 31.2 Å². The molecule has 1 aromatic carbocycles. The van der Waals surface area contributed by atoms with Crippen molar-refractivity contribution in [3.8, 4) is 0 Å². The van der Waals surface area contributed by atoms with Crippen LogP contribution in [0.15, 0.2) is 29.2 Å². The average molecular weight is 203 g/mol. The zero-order valence-electron chi connectivity index (χ0n) is 6.00. The molecule has 0 aromatic heterocycles. The molecule has 3 heteroatoms. The SMILES string of the molecule is CC(=S)Sc1ccc(Cl)cc1. The van der Waals surface area contributed by atoms with E-state index in [9.17, 15) is 0 Å². The number of hydrogen-bond acceptors (Lipinski definition) is 2. The standard InChI is InChI=1S/C8H7ClS2/c1-6(10)11-8-4-2-7(9)3-5-8/h2-5H,1H3. The van der Waals surface area contributed by atoms with E-state index < -0.39 is 0 Å². The van der Waals surface area contributed by atoms with Crippen molar-refractivity contribution in [3.63, 3.8) is 0 Å². The summed E-state index contributed by atoms with van der Waals surface area (Å²) >= 11 is 12.2. The summed E-state index contributed by atoms with van der Waals surface area (Å²) in [4.78, 5) is 1.14. The predicted octanol–water partition coefficient (Wildman–Crippen LogP) is 3.78. The normalized spacial score (nSPS) is 9.64. The van der Waals surface area contributed by atoms with Crippen LogP contribution in [0, 0.1) is 0 Å². The second-order valence-electron chi connectivity index (χ2n) is 2.05. The van der Waals surface area contributed by atoms with E-state index in [1.54, 1.807) is 11.8 Å². The van der Waals surface area contributed by atoms with Crippen LogP contribution in [0.5, 0.6) is 0 Å². The first-order valence-electron chi connectivity index (χ1n) is 3.12. The minimum absolute atomic E-state index is 0.761. The largest absolute Gasteiger partial charge is 0.0843 e. The van der Waals surface area contributed by atoms with Gasteiger partial charge in [0.2, 0.25) is 0 Å². The molecule has 11 heavy (non-hydrogen) atoms. The molecular formula is C8H7ClS2. The number of thioether (sulfide) groups is 1. The highest BCUT2D eigenvalue weighted by molar-refractivity contribution is 8.23. The lowest BCUT2D eigenvalue weighted by Crippen LogP contribution is -1.76. The van der Waals surface area contributed by atoms with Crippen LogP contribution in [0.25, 0.3) is 0 Å². The molecule has 0 amide bonds. The van der Waals surface area contributed by atoms with E-state index in [-0.39, 0.29) is 0 Å². The second kappa shape index (κ2) is 4.10. The average Bonchev–Trinajstić information content (AvgIpc) is 1.93. The highest BCUT2D eigenvalue weighted by atomic mass is 35.5. The predicted molar refractivity (Wildman–Crippen MR) is 55.6 cm³/mol. The highest BCUT2D eigenvalue weighted by Crippen LogP contribution is 2.21. The van der Waals surface area contributed by atoms with E-state index in [1.807, 2.05) is 31.2 Å². The van der Waals surface area contributed by atoms with Gasteiger partial charge in [-0.15, -0.1) is 0 Å². The van der Waals surface area contributed by atoms with Gasteiger partial charge in [-0.2, -0.15) is 0 Å². The second-order valence-corrected chi connectivity index (χ2v) is 4.64. The van der Waals surface area contributed by atoms with Gasteiger partial charge < -0.3 is 0 Å². The lowest BCUT2D eigenvalue weighted by molar-refractivity contribution is 1.47. The molecular weight excluding hydrogens is 196 g/mol. The molecule has 58 valence electrons. The van der Waals surface area contributed by atoms with Crippen LogP contribution in [0.1, 0.15) is 6.92 Å². The summed E-state index contributed by atoms with van der Waals surface area (Å²) in [7, 11) is 0. The number of hydrogen-bond donors (Lipinski definition) is 0. The molecule has 0 aliphatic carbocycles. The Balaban J connectivity index is 2.74. The van der Waals surface area contributed by atoms with Gasteiger partial charge in [-0.25, -0.2) is 0 Å². The summed E-state index contributed by atoms with van der Waals surface area (Å²) in [6.07, 6.45) is 0. The summed E-state index contributed by atoms with van der Waals surface area (Å²) < 4.78 is 0.923. The molecule has 0 aliphatic rings. The minimum atomic E-state index is 0.761. The van der Waals surface area contributed by atoms with E-state index in [4.69, 9.17) is 23.8 Å². The third-order valence-corrected chi connectivity index (χ3v) is 2.37. The summed E-state index contributed by atoms with van der Waals surface area (Å²) in [6.45, 7) is 1.91. The number of rotatable bonds is 1. The van der Waals surface area contributed by atoms with Gasteiger partial charge in [0.05, 0.1) is 0 Å². The molecule has 0 fully saturated rings. The summed E-state index contributed by atoms with van der Waals surface area (Å²) in [5.41, 5.74) is 0. The fourth-order valence-corrected chi connectivity index (χ4v) is 1.69. The number of thiocarbonyl (C=S) groups is 1. The third-order valence-electron chi connectivity index (χ3n) is 1.08. The Hall–Kier alpha value is -0.0500. The van der Waals surface area contributed by atoms with Crippen molar-refractivity contribution >= 4 is 39.8 Å². The summed E-state index contributed by atoms with van der Waals surface area (Å²) in [6, 6.07) is 7.65. The Kier molecular flexibility index (Phi) is 3.37. The molecule has 0 radical (unpaired) electrons. The van der Waals surface area contributed by atoms with Gasteiger partial charge >= 0.3 is 0 Å². The Morgan fingerprint density at radius 3 is 2.36 bits per heavy atom. The van der Waals surface area contributed by atoms with E-state index in [2.05, 4.69) is 0 Å². The van der Waals surface area contributed by atoms with Crippen LogP contribution in [-0.4, -0.2) is 4.20 Å². The Morgan fingerprint density at radius 2 is 1.91 bits per heavy atom.